The van der Waals surface area contributed by atoms with E-state index in [0.29, 0.717) is 31.1 Å². The van der Waals surface area contributed by atoms with Crippen molar-refractivity contribution in [2.24, 2.45) is 0 Å². The molecular formula is C20H25NO4. The van der Waals surface area contributed by atoms with Crippen LogP contribution >= 0.6 is 0 Å². The number of rotatable bonds is 9. The zero-order valence-electron chi connectivity index (χ0n) is 15.0. The smallest absolute Gasteiger partial charge is 0.261 e. The Hall–Kier alpha value is -2.69. The summed E-state index contributed by atoms with van der Waals surface area (Å²) in [6.07, 6.45) is 0.0213. The van der Waals surface area contributed by atoms with Crippen LogP contribution in [-0.4, -0.2) is 32.3 Å². The number of methoxy groups -OCH3 is 1. The Morgan fingerprint density at radius 3 is 2.52 bits per heavy atom. The monoisotopic (exact) mass is 343 g/mol. The average Bonchev–Trinajstić information content (AvgIpc) is 2.63. The van der Waals surface area contributed by atoms with Crippen molar-refractivity contribution in [2.75, 3.05) is 20.3 Å². The minimum absolute atomic E-state index is 0.154. The standard InChI is InChI=1S/C20H25NO4/c1-4-19(25-18-10-6-8-16(14-18)23-3)20(22)21-11-12-24-17-9-5-7-15(2)13-17/h5-10,13-14,19H,4,11-12H2,1-3H3,(H,21,22)/t19-/m1/s1. The summed E-state index contributed by atoms with van der Waals surface area (Å²) >= 11 is 0. The number of amides is 1. The molecule has 134 valence electrons. The number of aryl methyl sites for hydroxylation is 1. The normalized spacial score (nSPS) is 11.5. The SMILES string of the molecule is CC[C@@H](Oc1cccc(OC)c1)C(=O)NCCOc1cccc(C)c1. The molecule has 0 heterocycles. The average molecular weight is 343 g/mol. The number of hydrogen-bond donors (Lipinski definition) is 1. The van der Waals surface area contributed by atoms with Crippen LogP contribution in [0, 0.1) is 6.92 Å². The first-order valence-corrected chi connectivity index (χ1v) is 8.40. The van der Waals surface area contributed by atoms with Gasteiger partial charge in [-0.15, -0.1) is 0 Å². The molecule has 0 aromatic heterocycles. The van der Waals surface area contributed by atoms with Crippen LogP contribution in [0.4, 0.5) is 0 Å². The maximum absolute atomic E-state index is 12.3. The first kappa shape index (κ1) is 18.6. The fourth-order valence-corrected chi connectivity index (χ4v) is 2.32. The van der Waals surface area contributed by atoms with Gasteiger partial charge in [-0.3, -0.25) is 4.79 Å². The molecule has 2 rings (SSSR count). The van der Waals surface area contributed by atoms with Crippen molar-refractivity contribution in [1.29, 1.82) is 0 Å². The highest BCUT2D eigenvalue weighted by molar-refractivity contribution is 5.81. The molecule has 1 amide bonds. The van der Waals surface area contributed by atoms with Gasteiger partial charge in [0.2, 0.25) is 0 Å². The molecule has 0 fully saturated rings. The first-order chi connectivity index (χ1) is 12.1. The fourth-order valence-electron chi connectivity index (χ4n) is 2.32. The van der Waals surface area contributed by atoms with Crippen LogP contribution in [-0.2, 0) is 4.79 Å². The summed E-state index contributed by atoms with van der Waals surface area (Å²) < 4.78 is 16.6. The van der Waals surface area contributed by atoms with E-state index in [1.54, 1.807) is 19.2 Å². The van der Waals surface area contributed by atoms with E-state index >= 15 is 0 Å². The third kappa shape index (κ3) is 6.03. The van der Waals surface area contributed by atoms with E-state index < -0.39 is 6.10 Å². The van der Waals surface area contributed by atoms with Gasteiger partial charge in [0.1, 0.15) is 23.9 Å². The predicted octanol–water partition coefficient (Wildman–Crippen LogP) is 3.36. The van der Waals surface area contributed by atoms with Gasteiger partial charge in [-0.25, -0.2) is 0 Å². The second kappa shape index (κ2) is 9.57. The predicted molar refractivity (Wildman–Crippen MR) is 97.4 cm³/mol. The van der Waals surface area contributed by atoms with Crippen LogP contribution in [0.15, 0.2) is 48.5 Å². The van der Waals surface area contributed by atoms with Crippen LogP contribution in [0.3, 0.4) is 0 Å². The van der Waals surface area contributed by atoms with Crippen molar-refractivity contribution in [3.05, 3.63) is 54.1 Å². The number of benzene rings is 2. The summed E-state index contributed by atoms with van der Waals surface area (Å²) in [5.74, 6) is 1.95. The lowest BCUT2D eigenvalue weighted by Gasteiger charge is -2.17. The Bertz CT molecular complexity index is 687. The van der Waals surface area contributed by atoms with Gasteiger partial charge in [0, 0.05) is 6.07 Å². The van der Waals surface area contributed by atoms with Crippen molar-refractivity contribution >= 4 is 5.91 Å². The minimum Gasteiger partial charge on any atom is -0.497 e. The van der Waals surface area contributed by atoms with Crippen LogP contribution in [0.5, 0.6) is 17.2 Å². The summed E-state index contributed by atoms with van der Waals surface area (Å²) in [4.78, 5) is 12.3. The van der Waals surface area contributed by atoms with Crippen molar-refractivity contribution < 1.29 is 19.0 Å². The zero-order valence-corrected chi connectivity index (χ0v) is 15.0. The Morgan fingerprint density at radius 1 is 1.08 bits per heavy atom. The van der Waals surface area contributed by atoms with E-state index in [1.807, 2.05) is 50.2 Å². The van der Waals surface area contributed by atoms with E-state index in [9.17, 15) is 4.79 Å². The molecule has 2 aromatic carbocycles. The summed E-state index contributed by atoms with van der Waals surface area (Å²) in [7, 11) is 1.59. The molecule has 25 heavy (non-hydrogen) atoms. The molecule has 2 aromatic rings. The molecule has 0 aliphatic carbocycles. The molecule has 0 radical (unpaired) electrons. The second-order valence-electron chi connectivity index (χ2n) is 5.65. The quantitative estimate of drug-likeness (QED) is 0.710. The molecule has 1 N–H and O–H groups in total. The Balaban J connectivity index is 1.79. The molecule has 0 bridgehead atoms. The zero-order chi connectivity index (χ0) is 18.1. The molecule has 5 nitrogen and oxygen atoms in total. The highest BCUT2D eigenvalue weighted by Crippen LogP contribution is 2.20. The van der Waals surface area contributed by atoms with Gasteiger partial charge in [0.25, 0.3) is 5.91 Å². The Morgan fingerprint density at radius 2 is 1.80 bits per heavy atom. The molecule has 0 unspecified atom stereocenters. The summed E-state index contributed by atoms with van der Waals surface area (Å²) in [5.41, 5.74) is 1.14. The van der Waals surface area contributed by atoms with Crippen LogP contribution < -0.4 is 19.5 Å². The summed E-state index contributed by atoms with van der Waals surface area (Å²) in [5, 5.41) is 2.85. The van der Waals surface area contributed by atoms with Gasteiger partial charge in [-0.05, 0) is 43.2 Å². The third-order valence-electron chi connectivity index (χ3n) is 3.64. The van der Waals surface area contributed by atoms with Crippen molar-refractivity contribution in [3.63, 3.8) is 0 Å². The lowest BCUT2D eigenvalue weighted by Crippen LogP contribution is -2.39. The molecule has 0 saturated carbocycles. The second-order valence-corrected chi connectivity index (χ2v) is 5.65. The molecule has 1 atom stereocenters. The first-order valence-electron chi connectivity index (χ1n) is 8.40. The van der Waals surface area contributed by atoms with Crippen LogP contribution in [0.1, 0.15) is 18.9 Å². The molecule has 5 heteroatoms. The Kier molecular flexibility index (Phi) is 7.14. The van der Waals surface area contributed by atoms with Gasteiger partial charge < -0.3 is 19.5 Å². The molecule has 0 saturated heterocycles. The van der Waals surface area contributed by atoms with Crippen molar-refractivity contribution in [3.8, 4) is 17.2 Å². The topological polar surface area (TPSA) is 56.8 Å². The number of hydrogen-bond acceptors (Lipinski definition) is 4. The van der Waals surface area contributed by atoms with Crippen molar-refractivity contribution in [1.82, 2.24) is 5.32 Å². The number of ether oxygens (including phenoxy) is 3. The maximum atomic E-state index is 12.3. The fraction of sp³-hybridized carbons (Fsp3) is 0.350. The Labute approximate surface area is 148 Å². The summed E-state index contributed by atoms with van der Waals surface area (Å²) in [6.45, 7) is 4.75. The third-order valence-corrected chi connectivity index (χ3v) is 3.64. The molecule has 0 aliphatic rings. The van der Waals surface area contributed by atoms with Gasteiger partial charge in [-0.1, -0.05) is 25.1 Å². The molecular weight excluding hydrogens is 318 g/mol. The van der Waals surface area contributed by atoms with Gasteiger partial charge in [-0.2, -0.15) is 0 Å². The molecule has 0 spiro atoms. The summed E-state index contributed by atoms with van der Waals surface area (Å²) in [6, 6.07) is 15.0. The van der Waals surface area contributed by atoms with Crippen molar-refractivity contribution in [2.45, 2.75) is 26.4 Å². The maximum Gasteiger partial charge on any atom is 0.261 e. The van der Waals surface area contributed by atoms with Gasteiger partial charge in [0.15, 0.2) is 6.10 Å². The number of carbonyl (C=O) groups is 1. The largest absolute Gasteiger partial charge is 0.497 e. The van der Waals surface area contributed by atoms with E-state index in [1.165, 1.54) is 0 Å². The number of carbonyl (C=O) groups excluding carboxylic acids is 1. The van der Waals surface area contributed by atoms with E-state index in [-0.39, 0.29) is 5.91 Å². The van der Waals surface area contributed by atoms with Crippen LogP contribution in [0.2, 0.25) is 0 Å². The van der Waals surface area contributed by atoms with Gasteiger partial charge in [0.05, 0.1) is 13.7 Å². The van der Waals surface area contributed by atoms with Crippen LogP contribution in [0.25, 0.3) is 0 Å². The van der Waals surface area contributed by atoms with E-state index in [4.69, 9.17) is 14.2 Å². The lowest BCUT2D eigenvalue weighted by molar-refractivity contribution is -0.128. The number of nitrogens with one attached hydrogen (secondary N) is 1. The molecule has 0 aliphatic heterocycles. The minimum atomic E-state index is -0.550. The van der Waals surface area contributed by atoms with E-state index in [2.05, 4.69) is 5.32 Å². The van der Waals surface area contributed by atoms with E-state index in [0.717, 1.165) is 11.3 Å². The lowest BCUT2D eigenvalue weighted by atomic mass is 10.2. The highest BCUT2D eigenvalue weighted by atomic mass is 16.5. The highest BCUT2D eigenvalue weighted by Gasteiger charge is 2.18. The van der Waals surface area contributed by atoms with Gasteiger partial charge >= 0.3 is 0 Å².